The SMILES string of the molecule is C[C@H](O)C=C[C@@H]1OC(=O)C[C@@H]1Nc1ccc(C(=O)O)cc1. The third kappa shape index (κ3) is 4.06. The standard InChI is InChI=1S/C15H17NO5/c1-9(17)2-7-13-12(8-14(18)21-13)16-11-5-3-10(4-6-11)15(19)20/h2-7,9,12-13,16-17H,8H2,1H3,(H,19,20)/t9-,12-,13-/m0/s1. The fourth-order valence-corrected chi connectivity index (χ4v) is 2.08. The highest BCUT2D eigenvalue weighted by molar-refractivity contribution is 5.88. The lowest BCUT2D eigenvalue weighted by Crippen LogP contribution is -2.27. The number of carboxylic acids is 1. The molecule has 6 heteroatoms. The average molecular weight is 291 g/mol. The molecule has 0 amide bonds. The van der Waals surface area contributed by atoms with Crippen LogP contribution in [0.3, 0.4) is 0 Å². The smallest absolute Gasteiger partial charge is 0.335 e. The van der Waals surface area contributed by atoms with Crippen LogP contribution in [0.2, 0.25) is 0 Å². The quantitative estimate of drug-likeness (QED) is 0.561. The van der Waals surface area contributed by atoms with Crippen LogP contribution in [0.25, 0.3) is 0 Å². The van der Waals surface area contributed by atoms with E-state index < -0.39 is 18.2 Å². The normalized spacial score (nSPS) is 23.0. The number of aliphatic hydroxyl groups excluding tert-OH is 1. The molecule has 0 bridgehead atoms. The Morgan fingerprint density at radius 3 is 2.67 bits per heavy atom. The molecular formula is C15H17NO5. The van der Waals surface area contributed by atoms with Gasteiger partial charge in [-0.2, -0.15) is 0 Å². The number of nitrogens with one attached hydrogen (secondary N) is 1. The zero-order valence-corrected chi connectivity index (χ0v) is 11.5. The van der Waals surface area contributed by atoms with E-state index in [4.69, 9.17) is 9.84 Å². The van der Waals surface area contributed by atoms with Crippen molar-refractivity contribution in [3.8, 4) is 0 Å². The number of hydrogen-bond donors (Lipinski definition) is 3. The van der Waals surface area contributed by atoms with Crippen molar-refractivity contribution in [2.24, 2.45) is 0 Å². The van der Waals surface area contributed by atoms with E-state index in [1.54, 1.807) is 31.2 Å². The maximum Gasteiger partial charge on any atom is 0.335 e. The van der Waals surface area contributed by atoms with Gasteiger partial charge in [0, 0.05) is 5.69 Å². The Bertz CT molecular complexity index is 550. The van der Waals surface area contributed by atoms with Crippen molar-refractivity contribution in [2.45, 2.75) is 31.6 Å². The Kier molecular flexibility index (Phi) is 4.59. The topological polar surface area (TPSA) is 95.9 Å². The number of benzene rings is 1. The molecule has 1 aliphatic heterocycles. The Hall–Kier alpha value is -2.34. The number of carbonyl (C=O) groups is 2. The van der Waals surface area contributed by atoms with E-state index >= 15 is 0 Å². The van der Waals surface area contributed by atoms with E-state index in [1.807, 2.05) is 0 Å². The van der Waals surface area contributed by atoms with Crippen molar-refractivity contribution < 1.29 is 24.5 Å². The Morgan fingerprint density at radius 1 is 1.43 bits per heavy atom. The number of rotatable bonds is 5. The van der Waals surface area contributed by atoms with Gasteiger partial charge in [0.2, 0.25) is 0 Å². The van der Waals surface area contributed by atoms with Crippen LogP contribution in [0, 0.1) is 0 Å². The van der Waals surface area contributed by atoms with E-state index in [0.717, 1.165) is 0 Å². The Morgan fingerprint density at radius 2 is 2.10 bits per heavy atom. The van der Waals surface area contributed by atoms with Crippen molar-refractivity contribution in [3.05, 3.63) is 42.0 Å². The molecule has 6 nitrogen and oxygen atoms in total. The number of carbonyl (C=O) groups excluding carboxylic acids is 1. The highest BCUT2D eigenvalue weighted by Crippen LogP contribution is 2.21. The highest BCUT2D eigenvalue weighted by atomic mass is 16.6. The number of esters is 1. The fourth-order valence-electron chi connectivity index (χ4n) is 2.08. The van der Waals surface area contributed by atoms with Crippen LogP contribution in [0.5, 0.6) is 0 Å². The van der Waals surface area contributed by atoms with Crippen LogP contribution in [0.4, 0.5) is 5.69 Å². The van der Waals surface area contributed by atoms with Crippen LogP contribution >= 0.6 is 0 Å². The molecule has 1 heterocycles. The Balaban J connectivity index is 2.05. The average Bonchev–Trinajstić information content (AvgIpc) is 2.77. The number of aromatic carboxylic acids is 1. The van der Waals surface area contributed by atoms with Crippen molar-refractivity contribution >= 4 is 17.6 Å². The molecule has 1 aromatic carbocycles. The molecule has 21 heavy (non-hydrogen) atoms. The maximum atomic E-state index is 11.4. The molecule has 2 rings (SSSR count). The van der Waals surface area contributed by atoms with Gasteiger partial charge in [0.15, 0.2) is 0 Å². The number of cyclic esters (lactones) is 1. The third-order valence-corrected chi connectivity index (χ3v) is 3.11. The lowest BCUT2D eigenvalue weighted by atomic mass is 10.1. The van der Waals surface area contributed by atoms with Crippen molar-refractivity contribution in [1.82, 2.24) is 0 Å². The summed E-state index contributed by atoms with van der Waals surface area (Å²) in [6, 6.07) is 6.01. The van der Waals surface area contributed by atoms with E-state index in [1.165, 1.54) is 12.1 Å². The first-order valence-electron chi connectivity index (χ1n) is 6.61. The molecule has 0 saturated carbocycles. The van der Waals surface area contributed by atoms with Gasteiger partial charge < -0.3 is 20.3 Å². The number of aliphatic hydroxyl groups is 1. The summed E-state index contributed by atoms with van der Waals surface area (Å²) < 4.78 is 5.17. The fraction of sp³-hybridized carbons (Fsp3) is 0.333. The van der Waals surface area contributed by atoms with Gasteiger partial charge in [-0.15, -0.1) is 0 Å². The van der Waals surface area contributed by atoms with Gasteiger partial charge in [0.1, 0.15) is 6.10 Å². The summed E-state index contributed by atoms with van der Waals surface area (Å²) >= 11 is 0. The van der Waals surface area contributed by atoms with Crippen LogP contribution in [-0.4, -0.2) is 40.4 Å². The first-order valence-corrected chi connectivity index (χ1v) is 6.61. The van der Waals surface area contributed by atoms with E-state index in [0.29, 0.717) is 5.69 Å². The van der Waals surface area contributed by atoms with Gasteiger partial charge in [-0.3, -0.25) is 4.79 Å². The second-order valence-corrected chi connectivity index (χ2v) is 4.92. The molecule has 3 N–H and O–H groups in total. The van der Waals surface area contributed by atoms with Crippen molar-refractivity contribution in [1.29, 1.82) is 0 Å². The largest absolute Gasteiger partial charge is 0.478 e. The second kappa shape index (κ2) is 6.41. The molecule has 0 unspecified atom stereocenters. The van der Waals surface area contributed by atoms with Gasteiger partial charge in [0.05, 0.1) is 24.1 Å². The molecule has 0 spiro atoms. The molecule has 1 saturated heterocycles. The third-order valence-electron chi connectivity index (χ3n) is 3.11. The van der Waals surface area contributed by atoms with Gasteiger partial charge in [-0.05, 0) is 37.3 Å². The summed E-state index contributed by atoms with van der Waals surface area (Å²) in [6.07, 6.45) is 2.37. The number of ether oxygens (including phenoxy) is 1. The minimum atomic E-state index is -0.987. The molecule has 0 aliphatic carbocycles. The van der Waals surface area contributed by atoms with Crippen molar-refractivity contribution in [3.63, 3.8) is 0 Å². The molecular weight excluding hydrogens is 274 g/mol. The molecule has 3 atom stereocenters. The van der Waals surface area contributed by atoms with Crippen molar-refractivity contribution in [2.75, 3.05) is 5.32 Å². The monoisotopic (exact) mass is 291 g/mol. The summed E-state index contributed by atoms with van der Waals surface area (Å²) in [5.41, 5.74) is 0.906. The predicted molar refractivity (Wildman–Crippen MR) is 76.1 cm³/mol. The molecule has 0 radical (unpaired) electrons. The van der Waals surface area contributed by atoms with Gasteiger partial charge in [0.25, 0.3) is 0 Å². The van der Waals surface area contributed by atoms with Crippen LogP contribution < -0.4 is 5.32 Å². The van der Waals surface area contributed by atoms with Crippen LogP contribution in [-0.2, 0) is 9.53 Å². The van der Waals surface area contributed by atoms with Crippen LogP contribution in [0.15, 0.2) is 36.4 Å². The second-order valence-electron chi connectivity index (χ2n) is 4.92. The molecule has 1 aliphatic rings. The number of carboxylic acid groups (broad SMARTS) is 1. The lowest BCUT2D eigenvalue weighted by Gasteiger charge is -2.17. The van der Waals surface area contributed by atoms with E-state index in [2.05, 4.69) is 5.32 Å². The zero-order valence-electron chi connectivity index (χ0n) is 11.5. The highest BCUT2D eigenvalue weighted by Gasteiger charge is 2.33. The lowest BCUT2D eigenvalue weighted by molar-refractivity contribution is -0.140. The van der Waals surface area contributed by atoms with E-state index in [-0.39, 0.29) is 24.0 Å². The first-order chi connectivity index (χ1) is 9.95. The minimum Gasteiger partial charge on any atom is -0.478 e. The Labute approximate surface area is 122 Å². The number of anilines is 1. The summed E-state index contributed by atoms with van der Waals surface area (Å²) in [7, 11) is 0. The maximum absolute atomic E-state index is 11.4. The van der Waals surface area contributed by atoms with Gasteiger partial charge in [-0.1, -0.05) is 6.08 Å². The summed E-state index contributed by atoms with van der Waals surface area (Å²) in [5, 5.41) is 21.2. The number of hydrogen-bond acceptors (Lipinski definition) is 5. The zero-order chi connectivity index (χ0) is 15.4. The molecule has 112 valence electrons. The summed E-state index contributed by atoms with van der Waals surface area (Å²) in [4.78, 5) is 22.2. The van der Waals surface area contributed by atoms with Gasteiger partial charge >= 0.3 is 11.9 Å². The van der Waals surface area contributed by atoms with Crippen LogP contribution in [0.1, 0.15) is 23.7 Å². The minimum absolute atomic E-state index is 0.199. The van der Waals surface area contributed by atoms with E-state index in [9.17, 15) is 14.7 Å². The van der Waals surface area contributed by atoms with Gasteiger partial charge in [-0.25, -0.2) is 4.79 Å². The molecule has 1 aromatic rings. The predicted octanol–water partition coefficient (Wildman–Crippen LogP) is 1.42. The summed E-state index contributed by atoms with van der Waals surface area (Å²) in [5.74, 6) is -1.30. The molecule has 0 aromatic heterocycles. The molecule has 1 fully saturated rings. The first kappa shape index (κ1) is 15.1. The summed E-state index contributed by atoms with van der Waals surface area (Å²) in [6.45, 7) is 1.61.